The molecule has 5 N–H and O–H groups in total. The summed E-state index contributed by atoms with van der Waals surface area (Å²) in [6.07, 6.45) is 1.43. The van der Waals surface area contributed by atoms with Gasteiger partial charge in [-0.15, -0.1) is 5.75 Å². The van der Waals surface area contributed by atoms with Gasteiger partial charge in [-0.2, -0.15) is 0 Å². The number of aryl methyl sites for hydroxylation is 2. The molecule has 0 radical (unpaired) electrons. The van der Waals surface area contributed by atoms with Crippen LogP contribution in [0.1, 0.15) is 27.0 Å². The summed E-state index contributed by atoms with van der Waals surface area (Å²) in [5, 5.41) is 23.4. The van der Waals surface area contributed by atoms with Crippen molar-refractivity contribution in [3.05, 3.63) is 119 Å². The molecular formula is C29H28N4O3. The van der Waals surface area contributed by atoms with E-state index in [9.17, 15) is 9.90 Å². The summed E-state index contributed by atoms with van der Waals surface area (Å²) in [4.78, 5) is 18.0. The molecule has 36 heavy (non-hydrogen) atoms. The number of anilines is 1. The van der Waals surface area contributed by atoms with E-state index in [4.69, 9.17) is 10.8 Å². The fourth-order valence-corrected chi connectivity index (χ4v) is 3.20. The lowest BCUT2D eigenvalue weighted by Gasteiger charge is -2.07. The monoisotopic (exact) mass is 480 g/mol. The molecular weight excluding hydrogens is 452 g/mol. The van der Waals surface area contributed by atoms with Crippen molar-refractivity contribution in [2.24, 2.45) is 10.7 Å². The Kier molecular flexibility index (Phi) is 8.94. The van der Waals surface area contributed by atoms with Crippen LogP contribution in [-0.2, 0) is 0 Å². The van der Waals surface area contributed by atoms with Gasteiger partial charge in [0.15, 0.2) is 0 Å². The number of hydrogen-bond donors (Lipinski definition) is 4. The average Bonchev–Trinajstić information content (AvgIpc) is 2.87. The van der Waals surface area contributed by atoms with Crippen LogP contribution in [0.15, 0.2) is 102 Å². The van der Waals surface area contributed by atoms with Gasteiger partial charge in [0.1, 0.15) is 11.4 Å². The third kappa shape index (κ3) is 7.56. The van der Waals surface area contributed by atoms with E-state index in [1.807, 2.05) is 62.4 Å². The van der Waals surface area contributed by atoms with E-state index >= 15 is 0 Å². The van der Waals surface area contributed by atoms with Gasteiger partial charge in [0, 0.05) is 6.21 Å². The second-order valence-corrected chi connectivity index (χ2v) is 7.95. The van der Waals surface area contributed by atoms with Crippen LogP contribution < -0.4 is 21.1 Å². The van der Waals surface area contributed by atoms with Crippen LogP contribution in [0.4, 0.5) is 17.1 Å². The lowest BCUT2D eigenvalue weighted by Crippen LogP contribution is -2.72. The van der Waals surface area contributed by atoms with Crippen molar-refractivity contribution in [1.82, 2.24) is 0 Å². The number of carboxylic acid groups (broad SMARTS) is 1. The van der Waals surface area contributed by atoms with Crippen molar-refractivity contribution in [1.29, 1.82) is 0 Å². The van der Waals surface area contributed by atoms with Crippen molar-refractivity contribution in [2.45, 2.75) is 13.8 Å². The first-order valence-corrected chi connectivity index (χ1v) is 11.2. The Morgan fingerprint density at radius 1 is 0.917 bits per heavy atom. The number of hydrogen-bond acceptors (Lipinski definition) is 3. The maximum Gasteiger partial charge on any atom is 0.351 e. The van der Waals surface area contributed by atoms with Crippen molar-refractivity contribution in [3.8, 4) is 5.75 Å². The van der Waals surface area contributed by atoms with E-state index in [1.54, 1.807) is 30.3 Å². The molecule has 0 amide bonds. The average molecular weight is 481 g/mol. The molecule has 4 aromatic carbocycles. The minimum Gasteiger partial charge on any atom is -0.872 e. The summed E-state index contributed by atoms with van der Waals surface area (Å²) in [6.45, 7) is 4.09. The van der Waals surface area contributed by atoms with Crippen molar-refractivity contribution < 1.29 is 20.0 Å². The number of guanidine groups is 1. The van der Waals surface area contributed by atoms with Gasteiger partial charge in [-0.1, -0.05) is 66.7 Å². The second kappa shape index (κ2) is 12.5. The standard InChI is InChI=1S/C15H17N3.C14H11NO3/c1-11-7-3-5-9-13(11)17-15(16)18-14-10-6-4-8-12(14)2;16-13-7-2-1-4-11(13)9-15-12-6-3-5-10(8-12)14(17)18/h3-10H,1-2H3,(H3,16,17,18);1-9,16H,(H,17,18). The predicted octanol–water partition coefficient (Wildman–Crippen LogP) is 3.65. The zero-order chi connectivity index (χ0) is 25.9. The van der Waals surface area contributed by atoms with Gasteiger partial charge in [-0.25, -0.2) is 15.1 Å². The normalized spacial score (nSPS) is 11.0. The van der Waals surface area contributed by atoms with Crippen molar-refractivity contribution in [3.63, 3.8) is 0 Å². The Hall–Kier alpha value is -4.91. The molecule has 0 aliphatic carbocycles. The summed E-state index contributed by atoms with van der Waals surface area (Å²) >= 11 is 0. The number of nitrogens with two attached hydrogens (primary N) is 1. The number of carbonyl (C=O) groups is 1. The molecule has 0 saturated carbocycles. The van der Waals surface area contributed by atoms with E-state index in [0.29, 0.717) is 17.2 Å². The van der Waals surface area contributed by atoms with Crippen LogP contribution in [0, 0.1) is 13.8 Å². The van der Waals surface area contributed by atoms with Crippen molar-refractivity contribution >= 4 is 35.2 Å². The van der Waals surface area contributed by atoms with Crippen LogP contribution in [0.3, 0.4) is 0 Å². The number of nitrogens with zero attached hydrogens (tertiary/aromatic N) is 1. The Bertz CT molecular complexity index is 1400. The summed E-state index contributed by atoms with van der Waals surface area (Å²) in [5.74, 6) is -0.592. The molecule has 0 aliphatic rings. The third-order valence-corrected chi connectivity index (χ3v) is 5.19. The maximum atomic E-state index is 11.4. The quantitative estimate of drug-likeness (QED) is 0.256. The Morgan fingerprint density at radius 2 is 1.58 bits per heavy atom. The molecule has 4 rings (SSSR count). The number of nitrogens with one attached hydrogen (secondary N) is 2. The molecule has 0 spiro atoms. The summed E-state index contributed by atoms with van der Waals surface area (Å²) in [6, 6.07) is 28.8. The third-order valence-electron chi connectivity index (χ3n) is 5.19. The highest BCUT2D eigenvalue weighted by Crippen LogP contribution is 2.16. The Balaban J connectivity index is 0.000000201. The molecule has 0 heterocycles. The Labute approximate surface area is 210 Å². The maximum absolute atomic E-state index is 11.4. The molecule has 0 fully saturated rings. The van der Waals surface area contributed by atoms with E-state index in [1.165, 1.54) is 24.4 Å². The number of benzene rings is 4. The second-order valence-electron chi connectivity index (χ2n) is 7.95. The molecule has 182 valence electrons. The van der Waals surface area contributed by atoms with Crippen LogP contribution in [0.5, 0.6) is 5.75 Å². The molecule has 0 saturated heterocycles. The SMILES string of the molecule is Cc1ccccc1NC(N)=[NH+]c1ccccc1C.O=C(O)c1cccc(N=Cc2ccccc2[O-])c1. The molecule has 0 aliphatic heterocycles. The Morgan fingerprint density at radius 3 is 2.28 bits per heavy atom. The lowest BCUT2D eigenvalue weighted by molar-refractivity contribution is -0.355. The minimum atomic E-state index is -1.00. The lowest BCUT2D eigenvalue weighted by atomic mass is 10.2. The number of aromatic carboxylic acids is 1. The molecule has 0 unspecified atom stereocenters. The minimum absolute atomic E-state index is 0.115. The first-order chi connectivity index (χ1) is 17.3. The molecule has 7 nitrogen and oxygen atoms in total. The molecule has 7 heteroatoms. The fraction of sp³-hybridized carbons (Fsp3) is 0.0690. The highest BCUT2D eigenvalue weighted by molar-refractivity contribution is 5.90. The van der Waals surface area contributed by atoms with Crippen LogP contribution in [0.25, 0.3) is 0 Å². The van der Waals surface area contributed by atoms with Crippen LogP contribution in [-0.4, -0.2) is 23.2 Å². The zero-order valence-electron chi connectivity index (χ0n) is 20.1. The topological polar surface area (TPSA) is 125 Å². The molecule has 4 aromatic rings. The number of aliphatic imine (C=N–C) groups is 1. The molecule has 0 bridgehead atoms. The van der Waals surface area contributed by atoms with E-state index in [0.717, 1.165) is 22.5 Å². The summed E-state index contributed by atoms with van der Waals surface area (Å²) < 4.78 is 0. The van der Waals surface area contributed by atoms with Crippen LogP contribution >= 0.6 is 0 Å². The number of para-hydroxylation sites is 3. The van der Waals surface area contributed by atoms with Gasteiger partial charge in [-0.3, -0.25) is 10.7 Å². The number of carboxylic acids is 1. The fourth-order valence-electron chi connectivity index (χ4n) is 3.20. The molecule has 0 atom stereocenters. The van der Waals surface area contributed by atoms with Gasteiger partial charge < -0.3 is 10.2 Å². The van der Waals surface area contributed by atoms with Crippen molar-refractivity contribution in [2.75, 3.05) is 5.32 Å². The van der Waals surface area contributed by atoms with Gasteiger partial charge >= 0.3 is 11.9 Å². The van der Waals surface area contributed by atoms with E-state index in [-0.39, 0.29) is 11.3 Å². The smallest absolute Gasteiger partial charge is 0.351 e. The highest BCUT2D eigenvalue weighted by atomic mass is 16.4. The van der Waals surface area contributed by atoms with E-state index in [2.05, 4.69) is 15.3 Å². The summed E-state index contributed by atoms with van der Waals surface area (Å²) in [7, 11) is 0. The molecule has 0 aromatic heterocycles. The van der Waals surface area contributed by atoms with Gasteiger partial charge in [0.25, 0.3) is 0 Å². The van der Waals surface area contributed by atoms with E-state index < -0.39 is 5.97 Å². The number of rotatable bonds is 5. The predicted molar refractivity (Wildman–Crippen MR) is 142 cm³/mol. The summed E-state index contributed by atoms with van der Waals surface area (Å²) in [5.41, 5.74) is 11.4. The first kappa shape index (κ1) is 25.7. The largest absolute Gasteiger partial charge is 0.872 e. The highest BCUT2D eigenvalue weighted by Gasteiger charge is 2.05. The van der Waals surface area contributed by atoms with Gasteiger partial charge in [0.2, 0.25) is 0 Å². The van der Waals surface area contributed by atoms with Gasteiger partial charge in [0.05, 0.1) is 11.3 Å². The van der Waals surface area contributed by atoms with Crippen LogP contribution in [0.2, 0.25) is 0 Å². The first-order valence-electron chi connectivity index (χ1n) is 11.2. The zero-order valence-corrected chi connectivity index (χ0v) is 20.1. The van der Waals surface area contributed by atoms with Gasteiger partial charge in [-0.05, 0) is 60.9 Å².